The minimum Gasteiger partial charge on any atom is -0.293 e. The van der Waals surface area contributed by atoms with Gasteiger partial charge in [-0.2, -0.15) is 0 Å². The Balaban J connectivity index is 1.56. The number of nitro groups is 1. The monoisotopic (exact) mass is 412 g/mol. The predicted octanol–water partition coefficient (Wildman–Crippen LogP) is 4.05. The van der Waals surface area contributed by atoms with E-state index in [0.29, 0.717) is 22.3 Å². The summed E-state index contributed by atoms with van der Waals surface area (Å²) in [6, 6.07) is 11.6. The summed E-state index contributed by atoms with van der Waals surface area (Å²) in [5.74, 6) is 0. The Hall–Kier alpha value is -3.10. The van der Waals surface area contributed by atoms with Crippen molar-refractivity contribution in [1.29, 1.82) is 0 Å². The molecule has 7 nitrogen and oxygen atoms in total. The molecule has 0 amide bonds. The molecule has 0 N–H and O–H groups in total. The van der Waals surface area contributed by atoms with Crippen LogP contribution in [0.25, 0.3) is 10.9 Å². The Morgan fingerprint density at radius 3 is 2.71 bits per heavy atom. The van der Waals surface area contributed by atoms with Crippen molar-refractivity contribution in [2.75, 3.05) is 0 Å². The number of thiazole rings is 1. The van der Waals surface area contributed by atoms with Crippen LogP contribution in [0.15, 0.2) is 59.0 Å². The number of nitrogens with zero attached hydrogens (tertiary/aromatic N) is 4. The highest BCUT2D eigenvalue weighted by molar-refractivity contribution is 7.09. The van der Waals surface area contributed by atoms with Gasteiger partial charge in [-0.05, 0) is 23.8 Å². The third-order valence-corrected chi connectivity index (χ3v) is 5.37. The summed E-state index contributed by atoms with van der Waals surface area (Å²) in [6.07, 6.45) is 2.09. The van der Waals surface area contributed by atoms with Crippen molar-refractivity contribution in [3.8, 4) is 0 Å². The molecule has 0 aliphatic heterocycles. The van der Waals surface area contributed by atoms with Crippen LogP contribution in [0.2, 0.25) is 5.02 Å². The van der Waals surface area contributed by atoms with E-state index >= 15 is 0 Å². The number of halogens is 1. The maximum atomic E-state index is 12.7. The highest BCUT2D eigenvalue weighted by atomic mass is 35.5. The molecule has 2 aromatic heterocycles. The summed E-state index contributed by atoms with van der Waals surface area (Å²) in [5, 5.41) is 14.8. The third-order valence-electron chi connectivity index (χ3n) is 4.22. The lowest BCUT2D eigenvalue weighted by molar-refractivity contribution is -0.384. The van der Waals surface area contributed by atoms with Gasteiger partial charge in [0, 0.05) is 29.0 Å². The molecule has 28 heavy (non-hydrogen) atoms. The largest absolute Gasteiger partial charge is 0.293 e. The van der Waals surface area contributed by atoms with E-state index in [1.807, 2.05) is 29.6 Å². The minimum atomic E-state index is -0.510. The highest BCUT2D eigenvalue weighted by Crippen LogP contribution is 2.19. The molecule has 0 fully saturated rings. The lowest BCUT2D eigenvalue weighted by Gasteiger charge is -2.04. The first kappa shape index (κ1) is 18.3. The smallest absolute Gasteiger partial charge is 0.271 e. The van der Waals surface area contributed by atoms with Crippen molar-refractivity contribution in [3.05, 3.63) is 95.9 Å². The van der Waals surface area contributed by atoms with Crippen LogP contribution in [0, 0.1) is 10.1 Å². The summed E-state index contributed by atoms with van der Waals surface area (Å²) in [5.41, 5.74) is 1.82. The maximum Gasteiger partial charge on any atom is 0.271 e. The zero-order chi connectivity index (χ0) is 19.7. The quantitative estimate of drug-likeness (QED) is 0.364. The zero-order valence-electron chi connectivity index (χ0n) is 14.4. The van der Waals surface area contributed by atoms with Crippen LogP contribution in [-0.4, -0.2) is 19.5 Å². The minimum absolute atomic E-state index is 0.0940. The summed E-state index contributed by atoms with van der Waals surface area (Å²) in [7, 11) is 0. The second-order valence-electron chi connectivity index (χ2n) is 6.17. The first-order valence-corrected chi connectivity index (χ1v) is 9.57. The van der Waals surface area contributed by atoms with E-state index in [9.17, 15) is 14.9 Å². The first-order valence-electron chi connectivity index (χ1n) is 8.31. The number of fused-ring (bicyclic) bond motifs is 1. The fraction of sp³-hybridized carbons (Fsp3) is 0.105. The molecule has 4 aromatic rings. The van der Waals surface area contributed by atoms with Crippen molar-refractivity contribution in [2.45, 2.75) is 13.0 Å². The zero-order valence-corrected chi connectivity index (χ0v) is 16.0. The predicted molar refractivity (Wildman–Crippen MR) is 108 cm³/mol. The molecule has 4 rings (SSSR count). The molecule has 0 saturated carbocycles. The van der Waals surface area contributed by atoms with E-state index in [-0.39, 0.29) is 17.8 Å². The second kappa shape index (κ2) is 7.49. The molecule has 9 heteroatoms. The number of nitro benzene ring substituents is 1. The van der Waals surface area contributed by atoms with E-state index in [4.69, 9.17) is 11.6 Å². The van der Waals surface area contributed by atoms with E-state index < -0.39 is 4.92 Å². The van der Waals surface area contributed by atoms with Crippen molar-refractivity contribution >= 4 is 39.5 Å². The lowest BCUT2D eigenvalue weighted by Crippen LogP contribution is -2.21. The molecule has 0 bridgehead atoms. The number of non-ortho nitro benzene ring substituents is 1. The number of hydrogen-bond donors (Lipinski definition) is 0. The van der Waals surface area contributed by atoms with E-state index in [0.717, 1.165) is 16.3 Å². The molecule has 0 aliphatic carbocycles. The van der Waals surface area contributed by atoms with Crippen LogP contribution in [0.4, 0.5) is 5.69 Å². The van der Waals surface area contributed by atoms with Crippen molar-refractivity contribution < 1.29 is 4.92 Å². The van der Waals surface area contributed by atoms with Crippen molar-refractivity contribution in [2.24, 2.45) is 0 Å². The van der Waals surface area contributed by atoms with Gasteiger partial charge in [0.1, 0.15) is 0 Å². The van der Waals surface area contributed by atoms with Gasteiger partial charge in [-0.25, -0.2) is 9.97 Å². The first-order chi connectivity index (χ1) is 13.5. The molecule has 0 spiro atoms. The molecule has 0 saturated heterocycles. The van der Waals surface area contributed by atoms with E-state index in [1.165, 1.54) is 40.4 Å². The molecular weight excluding hydrogens is 400 g/mol. The standard InChI is InChI=1S/C19H13ClN4O3S/c20-13-3-1-12(2-4-13)7-18-22-14(10-28-18)9-23-11-21-17-8-15(24(26)27)5-6-16(17)19(23)25/h1-6,8,10-11H,7,9H2. The van der Waals surface area contributed by atoms with Crippen molar-refractivity contribution in [3.63, 3.8) is 0 Å². The van der Waals surface area contributed by atoms with Gasteiger partial charge in [0.2, 0.25) is 0 Å². The fourth-order valence-electron chi connectivity index (χ4n) is 2.83. The molecule has 0 aliphatic rings. The fourth-order valence-corrected chi connectivity index (χ4v) is 3.77. The summed E-state index contributed by atoms with van der Waals surface area (Å²) < 4.78 is 1.45. The number of aromatic nitrogens is 3. The van der Waals surface area contributed by atoms with Gasteiger partial charge in [0.05, 0.1) is 39.4 Å². The second-order valence-corrected chi connectivity index (χ2v) is 7.55. The average Bonchev–Trinajstić information content (AvgIpc) is 3.12. The number of benzene rings is 2. The van der Waals surface area contributed by atoms with Crippen LogP contribution in [0.3, 0.4) is 0 Å². The topological polar surface area (TPSA) is 90.9 Å². The summed E-state index contributed by atoms with van der Waals surface area (Å²) in [4.78, 5) is 31.8. The normalized spacial score (nSPS) is 11.0. The van der Waals surface area contributed by atoms with Gasteiger partial charge in [-0.1, -0.05) is 23.7 Å². The van der Waals surface area contributed by atoms with Gasteiger partial charge < -0.3 is 0 Å². The van der Waals surface area contributed by atoms with Gasteiger partial charge in [0.15, 0.2) is 0 Å². The molecular formula is C19H13ClN4O3S. The van der Waals surface area contributed by atoms with Crippen molar-refractivity contribution in [1.82, 2.24) is 14.5 Å². The SMILES string of the molecule is O=c1c2ccc([N+](=O)[O-])cc2ncn1Cc1csc(Cc2ccc(Cl)cc2)n1. The molecule has 2 heterocycles. The lowest BCUT2D eigenvalue weighted by atomic mass is 10.2. The Morgan fingerprint density at radius 2 is 1.96 bits per heavy atom. The Morgan fingerprint density at radius 1 is 1.18 bits per heavy atom. The summed E-state index contributed by atoms with van der Waals surface area (Å²) in [6.45, 7) is 0.288. The van der Waals surface area contributed by atoms with Crippen LogP contribution < -0.4 is 5.56 Å². The third kappa shape index (κ3) is 3.78. The number of rotatable bonds is 5. The molecule has 0 atom stereocenters. The number of hydrogen-bond acceptors (Lipinski definition) is 6. The van der Waals surface area contributed by atoms with Gasteiger partial charge >= 0.3 is 0 Å². The van der Waals surface area contributed by atoms with E-state index in [2.05, 4.69) is 9.97 Å². The van der Waals surface area contributed by atoms with E-state index in [1.54, 1.807) is 0 Å². The van der Waals surface area contributed by atoms with Crippen LogP contribution in [-0.2, 0) is 13.0 Å². The molecule has 140 valence electrons. The highest BCUT2D eigenvalue weighted by Gasteiger charge is 2.11. The maximum absolute atomic E-state index is 12.7. The molecule has 0 radical (unpaired) electrons. The Labute approximate surface area is 168 Å². The molecule has 0 unspecified atom stereocenters. The molecule has 2 aromatic carbocycles. The van der Waals surface area contributed by atoms with Crippen LogP contribution in [0.1, 0.15) is 16.3 Å². The Bertz CT molecular complexity index is 1230. The van der Waals surface area contributed by atoms with Gasteiger partial charge in [-0.15, -0.1) is 11.3 Å². The average molecular weight is 413 g/mol. The summed E-state index contributed by atoms with van der Waals surface area (Å²) >= 11 is 7.43. The van der Waals surface area contributed by atoms with Crippen LogP contribution in [0.5, 0.6) is 0 Å². The van der Waals surface area contributed by atoms with Gasteiger partial charge in [-0.3, -0.25) is 19.5 Å². The van der Waals surface area contributed by atoms with Crippen LogP contribution >= 0.6 is 22.9 Å². The Kier molecular flexibility index (Phi) is 4.89. The van der Waals surface area contributed by atoms with Gasteiger partial charge in [0.25, 0.3) is 11.2 Å².